The molecule has 7 rings (SSSR count). The molecular formula is C39H41Cl2N5O4. The van der Waals surface area contributed by atoms with Gasteiger partial charge in [0.25, 0.3) is 0 Å². The second kappa shape index (κ2) is 15.4. The zero-order chi connectivity index (χ0) is 34.6. The number of ether oxygens (including phenoxy) is 2. The lowest BCUT2D eigenvalue weighted by molar-refractivity contribution is -0.120. The number of amides is 2. The summed E-state index contributed by atoms with van der Waals surface area (Å²) in [5.74, 6) is 1.02. The molecule has 2 amide bonds. The number of hydrogen-bond donors (Lipinski definition) is 4. The summed E-state index contributed by atoms with van der Waals surface area (Å²) < 4.78 is 12.1. The molecule has 0 bridgehead atoms. The number of rotatable bonds is 13. The van der Waals surface area contributed by atoms with Crippen LogP contribution in [0.2, 0.25) is 10.0 Å². The standard InChI is InChI=1S/C39H41Cl2N5O4/c1-49-38-25(20-43-22-27-13-17-36(48)45-27)18-33(40)39(46-38)50-34-15-14-30-29(5-3-6-31(30)34)32-7-2-4-28(37(32)41)24-10-8-23(9-11-24)19-42-21-26-12-16-35(47)44-26/h2-11,18,26-27,34,42-43H,12-17,19-22H2,1H3,(H,44,47)(H,45,48)/t26-,27-,34-/m0/s1. The fourth-order valence-corrected chi connectivity index (χ4v) is 7.76. The molecule has 0 radical (unpaired) electrons. The van der Waals surface area contributed by atoms with Gasteiger partial charge in [0.05, 0.1) is 12.1 Å². The molecule has 9 nitrogen and oxygen atoms in total. The van der Waals surface area contributed by atoms with E-state index in [9.17, 15) is 9.59 Å². The zero-order valence-electron chi connectivity index (χ0n) is 28.0. The third kappa shape index (κ3) is 7.61. The number of nitrogens with zero attached hydrogens (tertiary/aromatic N) is 1. The average molecular weight is 715 g/mol. The van der Waals surface area contributed by atoms with Crippen LogP contribution in [0.1, 0.15) is 60.5 Å². The van der Waals surface area contributed by atoms with Crippen LogP contribution in [-0.2, 0) is 29.1 Å². The van der Waals surface area contributed by atoms with Crippen LogP contribution in [-0.4, -0.2) is 49.1 Å². The van der Waals surface area contributed by atoms with E-state index in [0.29, 0.717) is 47.7 Å². The molecule has 3 heterocycles. The van der Waals surface area contributed by atoms with E-state index < -0.39 is 0 Å². The number of fused-ring (bicyclic) bond motifs is 1. The molecule has 3 atom stereocenters. The third-order valence-electron chi connectivity index (χ3n) is 9.80. The summed E-state index contributed by atoms with van der Waals surface area (Å²) in [4.78, 5) is 27.6. The second-order valence-corrected chi connectivity index (χ2v) is 14.0. The Kier molecular flexibility index (Phi) is 10.6. The summed E-state index contributed by atoms with van der Waals surface area (Å²) >= 11 is 13.9. The molecule has 50 heavy (non-hydrogen) atoms. The summed E-state index contributed by atoms with van der Waals surface area (Å²) in [6.45, 7) is 2.66. The summed E-state index contributed by atoms with van der Waals surface area (Å²) in [7, 11) is 1.59. The highest BCUT2D eigenvalue weighted by molar-refractivity contribution is 6.36. The predicted octanol–water partition coefficient (Wildman–Crippen LogP) is 6.53. The minimum atomic E-state index is -0.220. The predicted molar refractivity (Wildman–Crippen MR) is 196 cm³/mol. The smallest absolute Gasteiger partial charge is 0.236 e. The topological polar surface area (TPSA) is 114 Å². The number of methoxy groups -OCH3 is 1. The van der Waals surface area contributed by atoms with E-state index in [1.807, 2.05) is 6.07 Å². The van der Waals surface area contributed by atoms with Gasteiger partial charge in [-0.1, -0.05) is 83.9 Å². The summed E-state index contributed by atoms with van der Waals surface area (Å²) in [5, 5.41) is 13.9. The highest BCUT2D eigenvalue weighted by atomic mass is 35.5. The first kappa shape index (κ1) is 34.3. The average Bonchev–Trinajstić information content (AvgIpc) is 3.86. The number of carbonyl (C=O) groups is 2. The van der Waals surface area contributed by atoms with Crippen molar-refractivity contribution in [1.29, 1.82) is 0 Å². The Hall–Kier alpha value is -4.15. The van der Waals surface area contributed by atoms with Crippen molar-refractivity contribution < 1.29 is 19.1 Å². The molecule has 0 saturated carbocycles. The van der Waals surface area contributed by atoms with Gasteiger partial charge in [0.2, 0.25) is 23.6 Å². The van der Waals surface area contributed by atoms with Crippen LogP contribution in [0.5, 0.6) is 11.8 Å². The highest BCUT2D eigenvalue weighted by Crippen LogP contribution is 2.44. The van der Waals surface area contributed by atoms with Crippen LogP contribution < -0.4 is 30.7 Å². The van der Waals surface area contributed by atoms with Crippen molar-refractivity contribution in [2.24, 2.45) is 0 Å². The molecule has 2 saturated heterocycles. The lowest BCUT2D eigenvalue weighted by Crippen LogP contribution is -2.35. The van der Waals surface area contributed by atoms with E-state index in [1.54, 1.807) is 7.11 Å². The van der Waals surface area contributed by atoms with Gasteiger partial charge >= 0.3 is 0 Å². The molecule has 4 N–H and O–H groups in total. The van der Waals surface area contributed by atoms with Gasteiger partial charge in [-0.25, -0.2) is 0 Å². The van der Waals surface area contributed by atoms with Crippen LogP contribution in [0.15, 0.2) is 66.7 Å². The van der Waals surface area contributed by atoms with Crippen molar-refractivity contribution in [3.8, 4) is 34.0 Å². The molecular weight excluding hydrogens is 673 g/mol. The first-order valence-electron chi connectivity index (χ1n) is 17.3. The van der Waals surface area contributed by atoms with Crippen molar-refractivity contribution in [2.75, 3.05) is 20.2 Å². The Labute approximate surface area is 302 Å². The lowest BCUT2D eigenvalue weighted by atomic mass is 9.93. The van der Waals surface area contributed by atoms with Gasteiger partial charge in [0.1, 0.15) is 11.1 Å². The van der Waals surface area contributed by atoms with Gasteiger partial charge in [-0.15, -0.1) is 0 Å². The normalized spacial score (nSPS) is 19.7. The number of benzene rings is 3. The molecule has 1 aromatic heterocycles. The van der Waals surface area contributed by atoms with Crippen molar-refractivity contribution in [3.63, 3.8) is 0 Å². The van der Waals surface area contributed by atoms with Crippen molar-refractivity contribution in [3.05, 3.63) is 99.0 Å². The molecule has 260 valence electrons. The summed E-state index contributed by atoms with van der Waals surface area (Å²) in [6.07, 6.45) is 4.29. The Bertz CT molecular complexity index is 1890. The van der Waals surface area contributed by atoms with Gasteiger partial charge in [0, 0.05) is 67.8 Å². The van der Waals surface area contributed by atoms with Crippen LogP contribution in [0.3, 0.4) is 0 Å². The van der Waals surface area contributed by atoms with E-state index in [-0.39, 0.29) is 30.0 Å². The van der Waals surface area contributed by atoms with Crippen molar-refractivity contribution >= 4 is 35.0 Å². The first-order valence-corrected chi connectivity index (χ1v) is 18.0. The Morgan fingerprint density at radius 1 is 0.780 bits per heavy atom. The summed E-state index contributed by atoms with van der Waals surface area (Å²) in [5.41, 5.74) is 8.40. The van der Waals surface area contributed by atoms with Gasteiger partial charge in [-0.2, -0.15) is 4.98 Å². The Morgan fingerprint density at radius 3 is 2.12 bits per heavy atom. The van der Waals surface area contributed by atoms with E-state index in [4.69, 9.17) is 32.7 Å². The highest BCUT2D eigenvalue weighted by Gasteiger charge is 2.29. The number of halogens is 2. The fourth-order valence-electron chi connectivity index (χ4n) is 7.20. The van der Waals surface area contributed by atoms with Gasteiger partial charge in [-0.05, 0) is 59.6 Å². The van der Waals surface area contributed by atoms with E-state index >= 15 is 0 Å². The first-order chi connectivity index (χ1) is 24.4. The van der Waals surface area contributed by atoms with E-state index in [2.05, 4.69) is 86.9 Å². The van der Waals surface area contributed by atoms with Crippen LogP contribution in [0, 0.1) is 0 Å². The summed E-state index contributed by atoms with van der Waals surface area (Å²) in [6, 6.07) is 23.1. The SMILES string of the molecule is COc1nc(O[C@H]2CCc3c(-c4cccc(-c5ccc(CNC[C@@H]6CCC(=O)N6)cc5)c4Cl)cccc32)c(Cl)cc1CNC[C@@H]1CCC(=O)N1. The minimum Gasteiger partial charge on any atom is -0.481 e. The Balaban J connectivity index is 1.03. The lowest BCUT2D eigenvalue weighted by Gasteiger charge is -2.18. The van der Waals surface area contributed by atoms with Crippen LogP contribution in [0.25, 0.3) is 22.3 Å². The molecule has 1 aliphatic carbocycles. The second-order valence-electron chi connectivity index (χ2n) is 13.2. The largest absolute Gasteiger partial charge is 0.481 e. The van der Waals surface area contributed by atoms with Crippen LogP contribution in [0.4, 0.5) is 0 Å². The number of nitrogens with one attached hydrogen (secondary N) is 4. The number of hydrogen-bond acceptors (Lipinski definition) is 7. The molecule has 11 heteroatoms. The Morgan fingerprint density at radius 2 is 1.44 bits per heavy atom. The van der Waals surface area contributed by atoms with Gasteiger partial charge < -0.3 is 30.7 Å². The molecule has 0 spiro atoms. The maximum absolute atomic E-state index is 11.5. The van der Waals surface area contributed by atoms with Crippen molar-refractivity contribution in [1.82, 2.24) is 26.3 Å². The van der Waals surface area contributed by atoms with Crippen molar-refractivity contribution in [2.45, 2.75) is 69.8 Å². The minimum absolute atomic E-state index is 0.0951. The number of pyridine rings is 1. The number of aromatic nitrogens is 1. The molecule has 3 aliphatic rings. The van der Waals surface area contributed by atoms with E-state index in [1.165, 1.54) is 11.1 Å². The third-order valence-corrected chi connectivity index (χ3v) is 10.5. The monoisotopic (exact) mass is 713 g/mol. The van der Waals surface area contributed by atoms with Gasteiger partial charge in [0.15, 0.2) is 0 Å². The quantitative estimate of drug-likeness (QED) is 0.125. The van der Waals surface area contributed by atoms with Crippen LogP contribution >= 0.6 is 23.2 Å². The molecule has 2 aliphatic heterocycles. The molecule has 0 unspecified atom stereocenters. The van der Waals surface area contributed by atoms with E-state index in [0.717, 1.165) is 72.2 Å². The molecule has 2 fully saturated rings. The number of carbonyl (C=O) groups excluding carboxylic acids is 2. The maximum atomic E-state index is 11.5. The maximum Gasteiger partial charge on any atom is 0.236 e. The zero-order valence-corrected chi connectivity index (χ0v) is 29.5. The van der Waals surface area contributed by atoms with Gasteiger partial charge in [-0.3, -0.25) is 9.59 Å². The molecule has 4 aromatic rings. The fraction of sp³-hybridized carbons (Fsp3) is 0.359. The molecule has 3 aromatic carbocycles.